The van der Waals surface area contributed by atoms with Gasteiger partial charge in [-0.25, -0.2) is 0 Å². The van der Waals surface area contributed by atoms with Crippen LogP contribution in [0.15, 0.2) is 18.2 Å². The molecule has 28 heavy (non-hydrogen) atoms. The number of nitriles is 1. The van der Waals surface area contributed by atoms with E-state index in [4.69, 9.17) is 16.9 Å². The Morgan fingerprint density at radius 2 is 1.43 bits per heavy atom. The number of rotatable bonds is 11. The molecule has 3 aliphatic carbocycles. The van der Waals surface area contributed by atoms with Gasteiger partial charge in [0.2, 0.25) is 0 Å². The van der Waals surface area contributed by atoms with Crippen LogP contribution >= 0.6 is 11.6 Å². The highest BCUT2D eigenvalue weighted by Crippen LogP contribution is 2.59. The van der Waals surface area contributed by atoms with Gasteiger partial charge in [0.05, 0.1) is 10.6 Å². The third-order valence-electron chi connectivity index (χ3n) is 7.91. The van der Waals surface area contributed by atoms with Gasteiger partial charge in [-0.2, -0.15) is 5.26 Å². The Bertz CT molecular complexity index is 647. The molecule has 0 atom stereocenters. The highest BCUT2D eigenvalue weighted by molar-refractivity contribution is 6.31. The van der Waals surface area contributed by atoms with Crippen LogP contribution in [-0.4, -0.2) is 0 Å². The quantitative estimate of drug-likeness (QED) is 0.341. The van der Waals surface area contributed by atoms with Crippen LogP contribution in [0.3, 0.4) is 0 Å². The van der Waals surface area contributed by atoms with Crippen molar-refractivity contribution in [2.75, 3.05) is 0 Å². The SMILES string of the molecule is CCCCCCCCCCCC12CCC(c3ccc(C#N)c(Cl)c3)(CC1)CC2. The Morgan fingerprint density at radius 3 is 1.96 bits per heavy atom. The number of nitrogens with zero attached hydrogens (tertiary/aromatic N) is 1. The van der Waals surface area contributed by atoms with E-state index in [1.807, 2.05) is 6.07 Å². The maximum absolute atomic E-state index is 9.13. The molecule has 2 bridgehead atoms. The molecule has 0 radical (unpaired) electrons. The summed E-state index contributed by atoms with van der Waals surface area (Å²) in [4.78, 5) is 0. The third-order valence-corrected chi connectivity index (χ3v) is 8.23. The van der Waals surface area contributed by atoms with Gasteiger partial charge in [-0.15, -0.1) is 0 Å². The molecule has 2 heteroatoms. The Hall–Kier alpha value is -1.00. The molecular formula is C26H38ClN. The summed E-state index contributed by atoms with van der Waals surface area (Å²) in [6.07, 6.45) is 22.4. The predicted octanol–water partition coefficient (Wildman–Crippen LogP) is 8.72. The van der Waals surface area contributed by atoms with Crippen LogP contribution in [0.2, 0.25) is 5.02 Å². The van der Waals surface area contributed by atoms with Gasteiger partial charge in [0.15, 0.2) is 0 Å². The topological polar surface area (TPSA) is 23.8 Å². The number of hydrogen-bond donors (Lipinski definition) is 0. The fourth-order valence-electron chi connectivity index (χ4n) is 5.82. The molecule has 0 heterocycles. The van der Waals surface area contributed by atoms with E-state index in [0.717, 1.165) is 0 Å². The summed E-state index contributed by atoms with van der Waals surface area (Å²) in [6, 6.07) is 8.36. The molecule has 0 spiro atoms. The Balaban J connectivity index is 1.41. The molecule has 0 unspecified atom stereocenters. The zero-order valence-electron chi connectivity index (χ0n) is 17.9. The van der Waals surface area contributed by atoms with Crippen LogP contribution in [0.5, 0.6) is 0 Å². The molecule has 0 amide bonds. The van der Waals surface area contributed by atoms with E-state index >= 15 is 0 Å². The number of benzene rings is 1. The number of hydrogen-bond acceptors (Lipinski definition) is 1. The minimum absolute atomic E-state index is 0.331. The van der Waals surface area contributed by atoms with E-state index in [-0.39, 0.29) is 0 Å². The van der Waals surface area contributed by atoms with Gasteiger partial charge in [-0.1, -0.05) is 82.4 Å². The van der Waals surface area contributed by atoms with Crippen molar-refractivity contribution in [3.63, 3.8) is 0 Å². The maximum Gasteiger partial charge on any atom is 0.101 e. The fourth-order valence-corrected chi connectivity index (χ4v) is 6.04. The average molecular weight is 400 g/mol. The van der Waals surface area contributed by atoms with Crippen molar-refractivity contribution < 1.29 is 0 Å². The van der Waals surface area contributed by atoms with Crippen molar-refractivity contribution in [1.82, 2.24) is 0 Å². The summed E-state index contributed by atoms with van der Waals surface area (Å²) in [6.45, 7) is 2.29. The van der Waals surface area contributed by atoms with E-state index in [1.54, 1.807) is 0 Å². The van der Waals surface area contributed by atoms with Crippen molar-refractivity contribution in [2.24, 2.45) is 5.41 Å². The van der Waals surface area contributed by atoms with Gasteiger partial charge in [0, 0.05) is 0 Å². The van der Waals surface area contributed by atoms with Gasteiger partial charge >= 0.3 is 0 Å². The minimum Gasteiger partial charge on any atom is -0.192 e. The number of halogens is 1. The maximum atomic E-state index is 9.13. The lowest BCUT2D eigenvalue weighted by molar-refractivity contribution is 0.0304. The summed E-state index contributed by atoms with van der Waals surface area (Å²) in [5.74, 6) is 0. The summed E-state index contributed by atoms with van der Waals surface area (Å²) < 4.78 is 0. The van der Waals surface area contributed by atoms with Crippen molar-refractivity contribution >= 4 is 11.6 Å². The molecule has 3 fully saturated rings. The number of unbranched alkanes of at least 4 members (excludes halogenated alkanes) is 8. The minimum atomic E-state index is 0.331. The summed E-state index contributed by atoms with van der Waals surface area (Å²) in [7, 11) is 0. The lowest BCUT2D eigenvalue weighted by atomic mass is 9.51. The lowest BCUT2D eigenvalue weighted by Crippen LogP contribution is -2.44. The fraction of sp³-hybridized carbons (Fsp3) is 0.731. The molecule has 154 valence electrons. The van der Waals surface area contributed by atoms with E-state index in [9.17, 15) is 0 Å². The van der Waals surface area contributed by atoms with Gasteiger partial charge in [0.25, 0.3) is 0 Å². The van der Waals surface area contributed by atoms with Crippen LogP contribution < -0.4 is 0 Å². The van der Waals surface area contributed by atoms with Crippen LogP contribution in [0.1, 0.15) is 121 Å². The first-order valence-electron chi connectivity index (χ1n) is 11.8. The monoisotopic (exact) mass is 399 g/mol. The molecule has 0 saturated heterocycles. The van der Waals surface area contributed by atoms with Gasteiger partial charge in [-0.3, -0.25) is 0 Å². The van der Waals surface area contributed by atoms with Gasteiger partial charge in [0.1, 0.15) is 6.07 Å². The third kappa shape index (κ3) is 5.13. The second-order valence-corrected chi connectivity index (χ2v) is 10.1. The molecular weight excluding hydrogens is 362 g/mol. The van der Waals surface area contributed by atoms with Crippen molar-refractivity contribution in [3.8, 4) is 6.07 Å². The summed E-state index contributed by atoms with van der Waals surface area (Å²) >= 11 is 6.33. The molecule has 0 N–H and O–H groups in total. The molecule has 1 aromatic carbocycles. The smallest absolute Gasteiger partial charge is 0.101 e. The molecule has 3 aliphatic rings. The molecule has 0 aromatic heterocycles. The number of fused-ring (bicyclic) bond motifs is 3. The first-order chi connectivity index (χ1) is 13.6. The first kappa shape index (κ1) is 21.7. The average Bonchev–Trinajstić information content (AvgIpc) is 2.74. The van der Waals surface area contributed by atoms with Crippen LogP contribution in [-0.2, 0) is 5.41 Å². The van der Waals surface area contributed by atoms with Crippen LogP contribution in [0, 0.1) is 16.7 Å². The zero-order chi connectivity index (χ0) is 19.9. The summed E-state index contributed by atoms with van der Waals surface area (Å²) in [5.41, 5.74) is 2.96. The molecule has 0 aliphatic heterocycles. The summed E-state index contributed by atoms with van der Waals surface area (Å²) in [5, 5.41) is 9.76. The highest BCUT2D eigenvalue weighted by atomic mass is 35.5. The molecule has 4 rings (SSSR count). The molecule has 1 nitrogen and oxygen atoms in total. The Kier molecular flexibility index (Phi) is 7.87. The molecule has 1 aromatic rings. The largest absolute Gasteiger partial charge is 0.192 e. The second kappa shape index (κ2) is 10.2. The van der Waals surface area contributed by atoms with Crippen molar-refractivity contribution in [1.29, 1.82) is 5.26 Å². The van der Waals surface area contributed by atoms with Gasteiger partial charge < -0.3 is 0 Å². The van der Waals surface area contributed by atoms with Crippen molar-refractivity contribution in [2.45, 2.75) is 115 Å². The van der Waals surface area contributed by atoms with E-state index in [2.05, 4.69) is 25.1 Å². The molecule has 3 saturated carbocycles. The van der Waals surface area contributed by atoms with E-state index in [0.29, 0.717) is 21.4 Å². The van der Waals surface area contributed by atoms with Crippen LogP contribution in [0.25, 0.3) is 0 Å². The second-order valence-electron chi connectivity index (χ2n) is 9.67. The Morgan fingerprint density at radius 1 is 0.857 bits per heavy atom. The standard InChI is InChI=1S/C26H38ClN/c1-2-3-4-5-6-7-8-9-10-13-25-14-17-26(18-15-25,19-16-25)23-12-11-22(21-28)24(27)20-23/h11-12,20H,2-10,13-19H2,1H3. The van der Waals surface area contributed by atoms with Gasteiger partial charge in [-0.05, 0) is 73.5 Å². The van der Waals surface area contributed by atoms with E-state index in [1.165, 1.54) is 108 Å². The zero-order valence-corrected chi connectivity index (χ0v) is 18.6. The van der Waals surface area contributed by atoms with Crippen molar-refractivity contribution in [3.05, 3.63) is 34.3 Å². The van der Waals surface area contributed by atoms with Crippen LogP contribution in [0.4, 0.5) is 0 Å². The normalized spacial score (nSPS) is 26.3. The van der Waals surface area contributed by atoms with E-state index < -0.39 is 0 Å². The Labute approximate surface area is 177 Å². The predicted molar refractivity (Wildman–Crippen MR) is 120 cm³/mol. The highest BCUT2D eigenvalue weighted by Gasteiger charge is 2.48. The first-order valence-corrected chi connectivity index (χ1v) is 12.2. The lowest BCUT2D eigenvalue weighted by Gasteiger charge is -2.54.